The van der Waals surface area contributed by atoms with Crippen molar-refractivity contribution in [2.24, 2.45) is 0 Å². The molecular formula is C12H17N3O2. The molecule has 1 rings (SSSR count). The molecule has 1 aromatic rings. The van der Waals surface area contributed by atoms with Crippen LogP contribution in [0.15, 0.2) is 24.8 Å². The summed E-state index contributed by atoms with van der Waals surface area (Å²) in [7, 11) is 1.52. The summed E-state index contributed by atoms with van der Waals surface area (Å²) < 4.78 is 5.01. The van der Waals surface area contributed by atoms with Gasteiger partial charge in [0, 0.05) is 12.1 Å². The molecule has 0 aromatic carbocycles. The molecule has 5 heteroatoms. The Morgan fingerprint density at radius 1 is 1.53 bits per heavy atom. The van der Waals surface area contributed by atoms with Gasteiger partial charge in [-0.2, -0.15) is 4.98 Å². The van der Waals surface area contributed by atoms with Crippen molar-refractivity contribution in [3.05, 3.63) is 24.8 Å². The Morgan fingerprint density at radius 3 is 2.76 bits per heavy atom. The van der Waals surface area contributed by atoms with Crippen molar-refractivity contribution in [3.63, 3.8) is 0 Å². The van der Waals surface area contributed by atoms with Gasteiger partial charge >= 0.3 is 0 Å². The Bertz CT molecular complexity index is 416. The fourth-order valence-corrected chi connectivity index (χ4v) is 1.25. The van der Waals surface area contributed by atoms with Crippen LogP contribution in [0.3, 0.4) is 0 Å². The van der Waals surface area contributed by atoms with E-state index < -0.39 is 0 Å². The van der Waals surface area contributed by atoms with E-state index >= 15 is 0 Å². The molecule has 1 amide bonds. The first-order valence-electron chi connectivity index (χ1n) is 5.31. The topological polar surface area (TPSA) is 63.2 Å². The summed E-state index contributed by atoms with van der Waals surface area (Å²) in [6.45, 7) is 7.41. The lowest BCUT2D eigenvalue weighted by Crippen LogP contribution is -2.15. The van der Waals surface area contributed by atoms with Crippen LogP contribution < -0.4 is 15.4 Å². The predicted octanol–water partition coefficient (Wildman–Crippen LogP) is 2.03. The number of hydrogen-bond acceptors (Lipinski definition) is 4. The van der Waals surface area contributed by atoms with Crippen LogP contribution in [0.2, 0.25) is 0 Å². The first-order chi connectivity index (χ1) is 8.06. The highest BCUT2D eigenvalue weighted by atomic mass is 16.5. The maximum atomic E-state index is 11.3. The highest BCUT2D eigenvalue weighted by Gasteiger charge is 2.09. The molecule has 0 bridgehead atoms. The highest BCUT2D eigenvalue weighted by molar-refractivity contribution is 6.00. The van der Waals surface area contributed by atoms with Gasteiger partial charge < -0.3 is 15.4 Å². The minimum absolute atomic E-state index is 0.240. The van der Waals surface area contributed by atoms with Gasteiger partial charge in [-0.05, 0) is 26.0 Å². The van der Waals surface area contributed by atoms with E-state index in [2.05, 4.69) is 22.2 Å². The predicted molar refractivity (Wildman–Crippen MR) is 68.4 cm³/mol. The van der Waals surface area contributed by atoms with Crippen LogP contribution in [0.25, 0.3) is 0 Å². The lowest BCUT2D eigenvalue weighted by atomic mass is 10.3. The Morgan fingerprint density at radius 2 is 2.24 bits per heavy atom. The Hall–Kier alpha value is -2.04. The number of hydrogen-bond donors (Lipinski definition) is 2. The third-order valence-electron chi connectivity index (χ3n) is 1.95. The average Bonchev–Trinajstić information content (AvgIpc) is 2.30. The molecule has 0 fully saturated rings. The molecule has 0 spiro atoms. The van der Waals surface area contributed by atoms with Gasteiger partial charge in [0.05, 0.1) is 12.8 Å². The summed E-state index contributed by atoms with van der Waals surface area (Å²) in [5, 5.41) is 5.82. The number of amides is 1. The lowest BCUT2D eigenvalue weighted by Gasteiger charge is -2.14. The number of carbonyl (C=O) groups is 1. The lowest BCUT2D eigenvalue weighted by molar-refractivity contribution is -0.111. The second kappa shape index (κ2) is 5.89. The normalized spacial score (nSPS) is 9.88. The number of aromatic nitrogens is 1. The zero-order valence-electron chi connectivity index (χ0n) is 10.3. The quantitative estimate of drug-likeness (QED) is 0.766. The van der Waals surface area contributed by atoms with Gasteiger partial charge in [0.25, 0.3) is 0 Å². The molecule has 0 unspecified atom stereocenters. The van der Waals surface area contributed by atoms with Crippen molar-refractivity contribution < 1.29 is 9.53 Å². The number of carbonyl (C=O) groups excluding carboxylic acids is 1. The second-order valence-corrected chi connectivity index (χ2v) is 3.74. The molecule has 1 aromatic heterocycles. The number of nitrogens with one attached hydrogen (secondary N) is 2. The molecule has 0 aliphatic heterocycles. The summed E-state index contributed by atoms with van der Waals surface area (Å²) in [5.74, 6) is 0.569. The van der Waals surface area contributed by atoms with Gasteiger partial charge in [0.15, 0.2) is 5.82 Å². The number of nitrogens with zero attached hydrogens (tertiary/aromatic N) is 1. The number of anilines is 2. The van der Waals surface area contributed by atoms with Gasteiger partial charge in [0.2, 0.25) is 11.8 Å². The Balaban J connectivity index is 3.02. The summed E-state index contributed by atoms with van der Waals surface area (Å²) in [6, 6.07) is 3.78. The minimum atomic E-state index is -0.308. The zero-order chi connectivity index (χ0) is 12.8. The van der Waals surface area contributed by atoms with E-state index in [1.54, 1.807) is 6.07 Å². The van der Waals surface area contributed by atoms with Gasteiger partial charge in [-0.15, -0.1) is 0 Å². The molecule has 0 aliphatic carbocycles. The van der Waals surface area contributed by atoms with Crippen molar-refractivity contribution in [2.45, 2.75) is 19.9 Å². The maximum Gasteiger partial charge on any atom is 0.248 e. The smallest absolute Gasteiger partial charge is 0.248 e. The van der Waals surface area contributed by atoms with E-state index in [0.717, 1.165) is 5.69 Å². The molecule has 17 heavy (non-hydrogen) atoms. The number of ether oxygens (including phenoxy) is 1. The van der Waals surface area contributed by atoms with Crippen molar-refractivity contribution in [1.82, 2.24) is 4.98 Å². The first-order valence-corrected chi connectivity index (χ1v) is 5.31. The summed E-state index contributed by atoms with van der Waals surface area (Å²) >= 11 is 0. The molecule has 5 nitrogen and oxygen atoms in total. The second-order valence-electron chi connectivity index (χ2n) is 3.74. The van der Waals surface area contributed by atoms with Gasteiger partial charge in [-0.1, -0.05) is 6.58 Å². The van der Waals surface area contributed by atoms with Crippen LogP contribution in [0.1, 0.15) is 13.8 Å². The largest absolute Gasteiger partial charge is 0.481 e. The van der Waals surface area contributed by atoms with Crippen LogP contribution in [0.4, 0.5) is 11.5 Å². The minimum Gasteiger partial charge on any atom is -0.481 e. The standard InChI is InChI=1S/C12H17N3O2/c1-5-10(16)14-12-9(13-8(2)3)6-7-11(15-12)17-4/h5-8,13H,1H2,2-4H3,(H,14,15,16). The molecule has 0 saturated heterocycles. The van der Waals surface area contributed by atoms with E-state index in [-0.39, 0.29) is 11.9 Å². The van der Waals surface area contributed by atoms with Crippen LogP contribution in [-0.2, 0) is 4.79 Å². The molecule has 0 atom stereocenters. The highest BCUT2D eigenvalue weighted by Crippen LogP contribution is 2.23. The monoisotopic (exact) mass is 235 g/mol. The third-order valence-corrected chi connectivity index (χ3v) is 1.95. The van der Waals surface area contributed by atoms with Crippen molar-refractivity contribution in [3.8, 4) is 5.88 Å². The molecule has 1 heterocycles. The summed E-state index contributed by atoms with van der Waals surface area (Å²) in [5.41, 5.74) is 0.746. The van der Waals surface area contributed by atoms with E-state index in [0.29, 0.717) is 11.7 Å². The fourth-order valence-electron chi connectivity index (χ4n) is 1.25. The number of methoxy groups -OCH3 is 1. The van der Waals surface area contributed by atoms with E-state index in [1.165, 1.54) is 13.2 Å². The summed E-state index contributed by atoms with van der Waals surface area (Å²) in [4.78, 5) is 15.4. The van der Waals surface area contributed by atoms with Gasteiger partial charge in [-0.25, -0.2) is 0 Å². The van der Waals surface area contributed by atoms with E-state index in [1.807, 2.05) is 19.9 Å². The van der Waals surface area contributed by atoms with Crippen LogP contribution in [0.5, 0.6) is 5.88 Å². The number of pyridine rings is 1. The molecular weight excluding hydrogens is 218 g/mol. The van der Waals surface area contributed by atoms with Crippen molar-refractivity contribution in [2.75, 3.05) is 17.7 Å². The Kier molecular flexibility index (Phi) is 4.51. The molecule has 0 radical (unpaired) electrons. The van der Waals surface area contributed by atoms with Gasteiger partial charge in [-0.3, -0.25) is 4.79 Å². The third kappa shape index (κ3) is 3.79. The van der Waals surface area contributed by atoms with Crippen LogP contribution in [0, 0.1) is 0 Å². The van der Waals surface area contributed by atoms with Gasteiger partial charge in [0.1, 0.15) is 0 Å². The molecule has 0 saturated carbocycles. The van der Waals surface area contributed by atoms with Crippen molar-refractivity contribution in [1.29, 1.82) is 0 Å². The summed E-state index contributed by atoms with van der Waals surface area (Å²) in [6.07, 6.45) is 1.19. The van der Waals surface area contributed by atoms with E-state index in [4.69, 9.17) is 4.74 Å². The average molecular weight is 235 g/mol. The zero-order valence-corrected chi connectivity index (χ0v) is 10.3. The molecule has 0 aliphatic rings. The Labute approximate surface area is 101 Å². The fraction of sp³-hybridized carbons (Fsp3) is 0.333. The maximum absolute atomic E-state index is 11.3. The molecule has 2 N–H and O–H groups in total. The SMILES string of the molecule is C=CC(=O)Nc1nc(OC)ccc1NC(C)C. The van der Waals surface area contributed by atoms with Crippen LogP contribution in [-0.4, -0.2) is 24.0 Å². The number of rotatable bonds is 5. The van der Waals surface area contributed by atoms with E-state index in [9.17, 15) is 4.79 Å². The molecule has 92 valence electrons. The van der Waals surface area contributed by atoms with Crippen molar-refractivity contribution >= 4 is 17.4 Å². The first kappa shape index (κ1) is 13.0. The van der Waals surface area contributed by atoms with Crippen LogP contribution >= 0.6 is 0 Å².